The minimum absolute atomic E-state index is 0.155. The van der Waals surface area contributed by atoms with Crippen molar-refractivity contribution in [3.63, 3.8) is 0 Å². The fraction of sp³-hybridized carbons (Fsp3) is 0.538. The number of fused-ring (bicyclic) bond motifs is 2. The molecule has 4 nitrogen and oxygen atoms in total. The number of carbonyl (C=O) groups is 1. The maximum atomic E-state index is 10.6. The first kappa shape index (κ1) is 10.7. The monoisotopic (exact) mass is 232 g/mol. The predicted molar refractivity (Wildman–Crippen MR) is 64.2 cm³/mol. The smallest absolute Gasteiger partial charge is 0.151 e. The fourth-order valence-corrected chi connectivity index (χ4v) is 3.14. The molecule has 2 fully saturated rings. The molecule has 2 atom stereocenters. The first-order valence-electron chi connectivity index (χ1n) is 6.15. The number of hydrogen-bond donors (Lipinski definition) is 1. The number of aldehydes is 1. The number of carbonyl (C=O) groups excluding carboxylic acids is 1. The molecule has 90 valence electrons. The summed E-state index contributed by atoms with van der Waals surface area (Å²) in [6, 6.07) is 4.55. The van der Waals surface area contributed by atoms with Gasteiger partial charge < -0.3 is 10.0 Å². The largest absolute Gasteiger partial charge is 0.393 e. The average molecular weight is 232 g/mol. The molecule has 4 heteroatoms. The third kappa shape index (κ3) is 1.82. The molecular formula is C13H16N2O2. The second-order valence-electron chi connectivity index (χ2n) is 4.99. The zero-order valence-electron chi connectivity index (χ0n) is 9.62. The summed E-state index contributed by atoms with van der Waals surface area (Å²) in [6.45, 7) is 0. The van der Waals surface area contributed by atoms with Crippen LogP contribution in [0.1, 0.15) is 36.0 Å². The summed E-state index contributed by atoms with van der Waals surface area (Å²) in [6.07, 6.45) is 6.23. The van der Waals surface area contributed by atoms with Gasteiger partial charge in [-0.2, -0.15) is 0 Å². The molecule has 0 saturated carbocycles. The summed E-state index contributed by atoms with van der Waals surface area (Å²) in [5, 5.41) is 9.74. The zero-order valence-corrected chi connectivity index (χ0v) is 9.62. The average Bonchev–Trinajstić information content (AvgIpc) is 2.62. The lowest BCUT2D eigenvalue weighted by Crippen LogP contribution is -2.45. The Morgan fingerprint density at radius 2 is 2.00 bits per heavy atom. The molecule has 1 aromatic heterocycles. The first-order chi connectivity index (χ1) is 8.28. The van der Waals surface area contributed by atoms with Crippen LogP contribution in [0.25, 0.3) is 0 Å². The second kappa shape index (κ2) is 4.11. The van der Waals surface area contributed by atoms with E-state index in [0.717, 1.165) is 37.8 Å². The molecule has 2 aliphatic rings. The fourth-order valence-electron chi connectivity index (χ4n) is 3.14. The van der Waals surface area contributed by atoms with Gasteiger partial charge in [-0.1, -0.05) is 0 Å². The molecule has 0 radical (unpaired) electrons. The molecular weight excluding hydrogens is 216 g/mol. The minimum atomic E-state index is -0.155. The molecule has 0 spiro atoms. The Morgan fingerprint density at radius 3 is 2.53 bits per heavy atom. The lowest BCUT2D eigenvalue weighted by atomic mass is 10.00. The number of aromatic nitrogens is 1. The van der Waals surface area contributed by atoms with Crippen LogP contribution in [-0.2, 0) is 0 Å². The van der Waals surface area contributed by atoms with Crippen LogP contribution in [-0.4, -0.2) is 34.6 Å². The highest BCUT2D eigenvalue weighted by Crippen LogP contribution is 2.38. The normalized spacial score (nSPS) is 31.6. The third-order valence-electron chi connectivity index (χ3n) is 3.88. The Morgan fingerprint density at radius 1 is 1.29 bits per heavy atom. The van der Waals surface area contributed by atoms with Crippen molar-refractivity contribution in [1.82, 2.24) is 4.98 Å². The summed E-state index contributed by atoms with van der Waals surface area (Å²) in [7, 11) is 0. The highest BCUT2D eigenvalue weighted by atomic mass is 16.3. The van der Waals surface area contributed by atoms with Crippen LogP contribution >= 0.6 is 0 Å². The van der Waals surface area contributed by atoms with E-state index in [-0.39, 0.29) is 6.10 Å². The Hall–Kier alpha value is -1.42. The number of piperidine rings is 1. The second-order valence-corrected chi connectivity index (χ2v) is 4.99. The van der Waals surface area contributed by atoms with Crippen molar-refractivity contribution in [2.75, 3.05) is 4.90 Å². The van der Waals surface area contributed by atoms with E-state index < -0.39 is 0 Å². The lowest BCUT2D eigenvalue weighted by molar-refractivity contribution is 0.112. The van der Waals surface area contributed by atoms with Gasteiger partial charge in [-0.15, -0.1) is 0 Å². The van der Waals surface area contributed by atoms with Crippen LogP contribution in [0.2, 0.25) is 0 Å². The van der Waals surface area contributed by atoms with Crippen LogP contribution in [0.5, 0.6) is 0 Å². The Bertz CT molecular complexity index is 404. The quantitative estimate of drug-likeness (QED) is 0.783. The van der Waals surface area contributed by atoms with E-state index in [1.54, 1.807) is 12.3 Å². The summed E-state index contributed by atoms with van der Waals surface area (Å²) in [5.41, 5.74) is 0.609. The van der Waals surface area contributed by atoms with Crippen molar-refractivity contribution < 1.29 is 9.90 Å². The van der Waals surface area contributed by atoms with Gasteiger partial charge in [-0.25, -0.2) is 4.98 Å². The molecule has 2 bridgehead atoms. The van der Waals surface area contributed by atoms with Crippen LogP contribution in [0.3, 0.4) is 0 Å². The van der Waals surface area contributed by atoms with Gasteiger partial charge in [0.15, 0.2) is 6.29 Å². The van der Waals surface area contributed by atoms with E-state index in [4.69, 9.17) is 0 Å². The molecule has 2 unspecified atom stereocenters. The standard InChI is InChI=1S/C13H16N2O2/c16-8-9-1-4-13(14-7-9)15-10-2-3-11(15)6-12(17)5-10/h1,4,7-8,10-12,17H,2-3,5-6H2. The van der Waals surface area contributed by atoms with E-state index >= 15 is 0 Å². The Labute approximate surface area is 100 Å². The molecule has 17 heavy (non-hydrogen) atoms. The molecule has 3 rings (SSSR count). The van der Waals surface area contributed by atoms with E-state index in [2.05, 4.69) is 9.88 Å². The molecule has 0 aromatic carbocycles. The van der Waals surface area contributed by atoms with Gasteiger partial charge in [0.25, 0.3) is 0 Å². The molecule has 0 amide bonds. The maximum absolute atomic E-state index is 10.6. The highest BCUT2D eigenvalue weighted by molar-refractivity contribution is 5.74. The molecule has 2 saturated heterocycles. The predicted octanol–water partition coefficient (Wildman–Crippen LogP) is 1.39. The van der Waals surface area contributed by atoms with Crippen LogP contribution in [0.15, 0.2) is 18.3 Å². The topological polar surface area (TPSA) is 53.4 Å². The number of pyridine rings is 1. The van der Waals surface area contributed by atoms with Crippen molar-refractivity contribution in [2.24, 2.45) is 0 Å². The van der Waals surface area contributed by atoms with Gasteiger partial charge >= 0.3 is 0 Å². The zero-order chi connectivity index (χ0) is 11.8. The van der Waals surface area contributed by atoms with Gasteiger partial charge in [-0.3, -0.25) is 4.79 Å². The van der Waals surface area contributed by atoms with Crippen molar-refractivity contribution in [2.45, 2.75) is 43.9 Å². The van der Waals surface area contributed by atoms with Gasteiger partial charge in [0.05, 0.1) is 6.10 Å². The maximum Gasteiger partial charge on any atom is 0.151 e. The third-order valence-corrected chi connectivity index (χ3v) is 3.88. The van der Waals surface area contributed by atoms with E-state index in [0.29, 0.717) is 17.6 Å². The van der Waals surface area contributed by atoms with E-state index in [1.165, 1.54) is 0 Å². The number of aliphatic hydroxyl groups is 1. The number of hydrogen-bond acceptors (Lipinski definition) is 4. The van der Waals surface area contributed by atoms with Crippen molar-refractivity contribution >= 4 is 12.1 Å². The Kier molecular flexibility index (Phi) is 2.59. The van der Waals surface area contributed by atoms with Gasteiger partial charge in [0.2, 0.25) is 0 Å². The number of nitrogens with zero attached hydrogens (tertiary/aromatic N) is 2. The SMILES string of the molecule is O=Cc1ccc(N2C3CCC2CC(O)C3)nc1. The summed E-state index contributed by atoms with van der Waals surface area (Å²) >= 11 is 0. The first-order valence-corrected chi connectivity index (χ1v) is 6.15. The van der Waals surface area contributed by atoms with E-state index in [9.17, 15) is 9.90 Å². The lowest BCUT2D eigenvalue weighted by Gasteiger charge is -2.38. The van der Waals surface area contributed by atoms with Crippen LogP contribution in [0.4, 0.5) is 5.82 Å². The summed E-state index contributed by atoms with van der Waals surface area (Å²) < 4.78 is 0. The number of rotatable bonds is 2. The Balaban J connectivity index is 1.86. The molecule has 1 aromatic rings. The van der Waals surface area contributed by atoms with Gasteiger partial charge in [0.1, 0.15) is 5.82 Å². The molecule has 1 N–H and O–H groups in total. The van der Waals surface area contributed by atoms with Crippen molar-refractivity contribution in [1.29, 1.82) is 0 Å². The highest BCUT2D eigenvalue weighted by Gasteiger charge is 2.40. The summed E-state index contributed by atoms with van der Waals surface area (Å²) in [4.78, 5) is 17.3. The van der Waals surface area contributed by atoms with Crippen molar-refractivity contribution in [3.8, 4) is 0 Å². The van der Waals surface area contributed by atoms with Crippen LogP contribution in [0, 0.1) is 0 Å². The minimum Gasteiger partial charge on any atom is -0.393 e. The summed E-state index contributed by atoms with van der Waals surface area (Å²) in [5.74, 6) is 0.940. The number of aliphatic hydroxyl groups excluding tert-OH is 1. The van der Waals surface area contributed by atoms with Crippen LogP contribution < -0.4 is 4.90 Å². The molecule has 2 aliphatic heterocycles. The van der Waals surface area contributed by atoms with Crippen molar-refractivity contribution in [3.05, 3.63) is 23.9 Å². The van der Waals surface area contributed by atoms with Gasteiger partial charge in [-0.05, 0) is 37.8 Å². The van der Waals surface area contributed by atoms with E-state index in [1.807, 2.05) is 6.07 Å². The molecule has 0 aliphatic carbocycles. The molecule has 3 heterocycles. The van der Waals surface area contributed by atoms with Gasteiger partial charge in [0, 0.05) is 23.8 Å². The number of anilines is 1.